The quantitative estimate of drug-likeness (QED) is 0.931. The van der Waals surface area contributed by atoms with E-state index in [1.165, 1.54) is 17.0 Å². The van der Waals surface area contributed by atoms with Crippen molar-refractivity contribution in [2.45, 2.75) is 32.6 Å². The molecular formula is C14H22N2O3S. The molecule has 0 radical (unpaired) electrons. The van der Waals surface area contributed by atoms with Gasteiger partial charge in [0.1, 0.15) is 0 Å². The summed E-state index contributed by atoms with van der Waals surface area (Å²) >= 11 is 0. The van der Waals surface area contributed by atoms with Gasteiger partial charge in [0.05, 0.1) is 4.90 Å². The number of hydrogen-bond donors (Lipinski definition) is 1. The maximum atomic E-state index is 12.1. The molecule has 1 N–H and O–H groups in total. The molecule has 0 aliphatic carbocycles. The monoisotopic (exact) mass is 298 g/mol. The first-order valence-corrected chi connectivity index (χ1v) is 7.84. The van der Waals surface area contributed by atoms with E-state index >= 15 is 0 Å². The number of nitrogens with one attached hydrogen (secondary N) is 1. The number of benzene rings is 1. The minimum Gasteiger partial charge on any atom is -0.327 e. The first kappa shape index (κ1) is 16.5. The van der Waals surface area contributed by atoms with E-state index in [-0.39, 0.29) is 10.3 Å². The van der Waals surface area contributed by atoms with Gasteiger partial charge in [-0.15, -0.1) is 0 Å². The highest BCUT2D eigenvalue weighted by Crippen LogP contribution is 2.15. The number of sulfonamides is 1. The molecule has 0 atom stereocenters. The van der Waals surface area contributed by atoms with E-state index < -0.39 is 16.1 Å². The van der Waals surface area contributed by atoms with E-state index in [0.29, 0.717) is 6.54 Å². The smallest absolute Gasteiger partial charge is 0.327 e. The Morgan fingerprint density at radius 1 is 1.20 bits per heavy atom. The van der Waals surface area contributed by atoms with Crippen LogP contribution in [0.3, 0.4) is 0 Å². The molecule has 2 amide bonds. The van der Waals surface area contributed by atoms with Crippen LogP contribution in [-0.4, -0.2) is 32.9 Å². The van der Waals surface area contributed by atoms with Crippen molar-refractivity contribution in [2.24, 2.45) is 5.41 Å². The molecule has 0 aliphatic heterocycles. The largest absolute Gasteiger partial charge is 0.331 e. The summed E-state index contributed by atoms with van der Waals surface area (Å²) < 4.78 is 26.2. The molecule has 1 rings (SSSR count). The van der Waals surface area contributed by atoms with Crippen molar-refractivity contribution in [3.8, 4) is 0 Å². The van der Waals surface area contributed by atoms with E-state index in [1.54, 1.807) is 19.2 Å². The van der Waals surface area contributed by atoms with Crippen molar-refractivity contribution in [1.29, 1.82) is 0 Å². The second-order valence-electron chi connectivity index (χ2n) is 6.14. The second-order valence-corrected chi connectivity index (χ2v) is 7.82. The average molecular weight is 298 g/mol. The number of amides is 2. The molecule has 0 unspecified atom stereocenters. The van der Waals surface area contributed by atoms with Gasteiger partial charge >= 0.3 is 6.03 Å². The lowest BCUT2D eigenvalue weighted by molar-refractivity contribution is 0.194. The highest BCUT2D eigenvalue weighted by molar-refractivity contribution is 7.90. The zero-order valence-corrected chi connectivity index (χ0v) is 13.4. The first-order chi connectivity index (χ1) is 9.01. The van der Waals surface area contributed by atoms with Gasteiger partial charge < -0.3 is 4.90 Å². The summed E-state index contributed by atoms with van der Waals surface area (Å²) in [5.41, 5.74) is 0.861. The van der Waals surface area contributed by atoms with Gasteiger partial charge in [-0.05, 0) is 24.5 Å². The minimum atomic E-state index is -3.82. The third-order valence-electron chi connectivity index (χ3n) is 2.61. The molecule has 0 saturated carbocycles. The SMILES string of the molecule is Cc1ccc(S(=O)(=O)NC(=O)N(C)CC(C)(C)C)cc1. The molecule has 6 heteroatoms. The zero-order chi connectivity index (χ0) is 15.6. The number of aryl methyl sites for hydroxylation is 1. The number of nitrogens with zero attached hydrogens (tertiary/aromatic N) is 1. The summed E-state index contributed by atoms with van der Waals surface area (Å²) in [6.45, 7) is 8.26. The van der Waals surface area contributed by atoms with Crippen LogP contribution < -0.4 is 4.72 Å². The number of rotatable bonds is 3. The normalized spacial score (nSPS) is 12.1. The molecule has 0 fully saturated rings. The van der Waals surface area contributed by atoms with Crippen LogP contribution in [0.1, 0.15) is 26.3 Å². The standard InChI is InChI=1S/C14H22N2O3S/c1-11-6-8-12(9-7-11)20(18,19)15-13(17)16(5)10-14(2,3)4/h6-9H,10H2,1-5H3,(H,15,17). The van der Waals surface area contributed by atoms with Crippen LogP contribution in [0.25, 0.3) is 0 Å². The van der Waals surface area contributed by atoms with Crippen LogP contribution in [0.4, 0.5) is 4.79 Å². The van der Waals surface area contributed by atoms with Crippen LogP contribution in [0.2, 0.25) is 0 Å². The highest BCUT2D eigenvalue weighted by atomic mass is 32.2. The Morgan fingerprint density at radius 2 is 1.70 bits per heavy atom. The van der Waals surface area contributed by atoms with Crippen molar-refractivity contribution in [3.05, 3.63) is 29.8 Å². The Labute approximate surface area is 121 Å². The minimum absolute atomic E-state index is 0.0839. The molecule has 0 aromatic heterocycles. The van der Waals surface area contributed by atoms with Gasteiger partial charge in [-0.1, -0.05) is 38.5 Å². The lowest BCUT2D eigenvalue weighted by Gasteiger charge is -2.26. The lowest BCUT2D eigenvalue weighted by atomic mass is 9.96. The van der Waals surface area contributed by atoms with E-state index in [1.807, 2.05) is 27.7 Å². The van der Waals surface area contributed by atoms with Crippen LogP contribution in [0.5, 0.6) is 0 Å². The van der Waals surface area contributed by atoms with Crippen molar-refractivity contribution in [2.75, 3.05) is 13.6 Å². The summed E-state index contributed by atoms with van der Waals surface area (Å²) in [5, 5.41) is 0. The average Bonchev–Trinajstić information content (AvgIpc) is 2.26. The van der Waals surface area contributed by atoms with Crippen molar-refractivity contribution in [1.82, 2.24) is 9.62 Å². The molecule has 112 valence electrons. The summed E-state index contributed by atoms with van der Waals surface area (Å²) in [5.74, 6) is 0. The van der Waals surface area contributed by atoms with Crippen LogP contribution in [0, 0.1) is 12.3 Å². The molecule has 5 nitrogen and oxygen atoms in total. The van der Waals surface area contributed by atoms with Gasteiger partial charge in [0.25, 0.3) is 10.0 Å². The Kier molecular flexibility index (Phi) is 4.81. The second kappa shape index (κ2) is 5.83. The highest BCUT2D eigenvalue weighted by Gasteiger charge is 2.22. The third kappa shape index (κ3) is 4.85. The molecule has 0 saturated heterocycles. The van der Waals surface area contributed by atoms with Crippen molar-refractivity contribution >= 4 is 16.1 Å². The Morgan fingerprint density at radius 3 is 2.15 bits per heavy atom. The molecule has 0 spiro atoms. The fourth-order valence-corrected chi connectivity index (χ4v) is 2.75. The fourth-order valence-electron chi connectivity index (χ4n) is 1.75. The summed E-state index contributed by atoms with van der Waals surface area (Å²) in [7, 11) is -2.24. The van der Waals surface area contributed by atoms with Gasteiger partial charge in [-0.2, -0.15) is 0 Å². The van der Waals surface area contributed by atoms with Gasteiger partial charge in [0.15, 0.2) is 0 Å². The van der Waals surface area contributed by atoms with E-state index in [9.17, 15) is 13.2 Å². The van der Waals surface area contributed by atoms with Crippen LogP contribution >= 0.6 is 0 Å². The van der Waals surface area contributed by atoms with Crippen molar-refractivity contribution in [3.63, 3.8) is 0 Å². The third-order valence-corrected chi connectivity index (χ3v) is 3.95. The van der Waals surface area contributed by atoms with Crippen molar-refractivity contribution < 1.29 is 13.2 Å². The summed E-state index contributed by atoms with van der Waals surface area (Å²) in [6.07, 6.45) is 0. The van der Waals surface area contributed by atoms with E-state index in [2.05, 4.69) is 4.72 Å². The molecular weight excluding hydrogens is 276 g/mol. The lowest BCUT2D eigenvalue weighted by Crippen LogP contribution is -2.43. The predicted molar refractivity (Wildman–Crippen MR) is 79.0 cm³/mol. The molecule has 20 heavy (non-hydrogen) atoms. The predicted octanol–water partition coefficient (Wildman–Crippen LogP) is 2.37. The Balaban J connectivity index is 2.81. The topological polar surface area (TPSA) is 66.5 Å². The van der Waals surface area contributed by atoms with Gasteiger partial charge in [-0.3, -0.25) is 0 Å². The maximum absolute atomic E-state index is 12.1. The molecule has 0 bridgehead atoms. The van der Waals surface area contributed by atoms with Gasteiger partial charge in [0, 0.05) is 13.6 Å². The molecule has 0 heterocycles. The zero-order valence-electron chi connectivity index (χ0n) is 12.6. The first-order valence-electron chi connectivity index (χ1n) is 6.36. The molecule has 1 aromatic carbocycles. The number of hydrogen-bond acceptors (Lipinski definition) is 3. The van der Waals surface area contributed by atoms with Gasteiger partial charge in [0.2, 0.25) is 0 Å². The fraction of sp³-hybridized carbons (Fsp3) is 0.500. The summed E-state index contributed by atoms with van der Waals surface area (Å²) in [4.78, 5) is 13.4. The molecule has 0 aliphatic rings. The number of urea groups is 1. The molecule has 1 aromatic rings. The number of carbonyl (C=O) groups excluding carboxylic acids is 1. The van der Waals surface area contributed by atoms with Crippen LogP contribution in [0.15, 0.2) is 29.2 Å². The van der Waals surface area contributed by atoms with Gasteiger partial charge in [-0.25, -0.2) is 17.9 Å². The maximum Gasteiger partial charge on any atom is 0.331 e. The Hall–Kier alpha value is -1.56. The van der Waals surface area contributed by atoms with Crippen LogP contribution in [-0.2, 0) is 10.0 Å². The summed E-state index contributed by atoms with van der Waals surface area (Å²) in [6, 6.07) is 5.72. The van der Waals surface area contributed by atoms with E-state index in [4.69, 9.17) is 0 Å². The number of carbonyl (C=O) groups is 1. The Bertz CT molecular complexity index is 571. The van der Waals surface area contributed by atoms with E-state index in [0.717, 1.165) is 5.56 Å².